The van der Waals surface area contributed by atoms with Gasteiger partial charge in [-0.1, -0.05) is 13.8 Å². The van der Waals surface area contributed by atoms with Gasteiger partial charge in [0.1, 0.15) is 5.82 Å². The van der Waals surface area contributed by atoms with Crippen molar-refractivity contribution < 1.29 is 8.42 Å². The third kappa shape index (κ3) is 3.84. The molecule has 1 aliphatic rings. The zero-order valence-electron chi connectivity index (χ0n) is 13.3. The number of aromatic nitrogens is 2. The van der Waals surface area contributed by atoms with Crippen LogP contribution in [0.25, 0.3) is 0 Å². The lowest BCUT2D eigenvalue weighted by Crippen LogP contribution is -2.41. The highest BCUT2D eigenvalue weighted by Crippen LogP contribution is 2.23. The molecule has 1 aromatic rings. The molecule has 7 heteroatoms. The van der Waals surface area contributed by atoms with Gasteiger partial charge < -0.3 is 9.88 Å². The molecule has 2 rings (SSSR count). The van der Waals surface area contributed by atoms with E-state index in [1.807, 2.05) is 14.0 Å². The van der Waals surface area contributed by atoms with Gasteiger partial charge >= 0.3 is 0 Å². The second-order valence-corrected chi connectivity index (χ2v) is 8.03. The molecule has 1 aliphatic heterocycles. The molecule has 0 atom stereocenters. The van der Waals surface area contributed by atoms with Gasteiger partial charge in [0.25, 0.3) is 10.0 Å². The molecule has 21 heavy (non-hydrogen) atoms. The number of rotatable bonds is 5. The molecule has 0 amide bonds. The van der Waals surface area contributed by atoms with E-state index in [1.165, 1.54) is 0 Å². The van der Waals surface area contributed by atoms with Crippen LogP contribution in [0.1, 0.15) is 32.5 Å². The first-order chi connectivity index (χ1) is 9.80. The van der Waals surface area contributed by atoms with E-state index in [0.717, 1.165) is 19.4 Å². The van der Waals surface area contributed by atoms with E-state index in [4.69, 9.17) is 0 Å². The number of nitrogens with zero attached hydrogens (tertiary/aromatic N) is 3. The minimum atomic E-state index is -3.44. The molecule has 1 fully saturated rings. The van der Waals surface area contributed by atoms with Gasteiger partial charge in [0, 0.05) is 32.4 Å². The third-order valence-electron chi connectivity index (χ3n) is 4.08. The second kappa shape index (κ2) is 6.46. The molecule has 0 radical (unpaired) electrons. The summed E-state index contributed by atoms with van der Waals surface area (Å²) in [6.45, 7) is 8.20. The molecule has 1 N–H and O–H groups in total. The van der Waals surface area contributed by atoms with E-state index in [2.05, 4.69) is 24.1 Å². The summed E-state index contributed by atoms with van der Waals surface area (Å²) in [5, 5.41) is 3.60. The number of nitrogens with one attached hydrogen (secondary N) is 1. The fraction of sp³-hybridized carbons (Fsp3) is 0.786. The predicted octanol–water partition coefficient (Wildman–Crippen LogP) is 1.13. The third-order valence-corrected chi connectivity index (χ3v) is 5.85. The molecule has 1 saturated heterocycles. The van der Waals surface area contributed by atoms with Crippen molar-refractivity contribution in [1.29, 1.82) is 0 Å². The molecule has 0 aliphatic carbocycles. The summed E-state index contributed by atoms with van der Waals surface area (Å²) in [6, 6.07) is 0.475. The van der Waals surface area contributed by atoms with Crippen molar-refractivity contribution >= 4 is 10.0 Å². The quantitative estimate of drug-likeness (QED) is 0.884. The summed E-state index contributed by atoms with van der Waals surface area (Å²) in [5.41, 5.74) is 0. The van der Waals surface area contributed by atoms with Gasteiger partial charge in [-0.3, -0.25) is 0 Å². The highest BCUT2D eigenvalue weighted by molar-refractivity contribution is 7.89. The lowest BCUT2D eigenvalue weighted by Gasteiger charge is -2.31. The first kappa shape index (κ1) is 16.5. The number of hydrogen-bond donors (Lipinski definition) is 1. The second-order valence-electron chi connectivity index (χ2n) is 6.15. The summed E-state index contributed by atoms with van der Waals surface area (Å²) in [4.78, 5) is 4.16. The fourth-order valence-electron chi connectivity index (χ4n) is 2.54. The Morgan fingerprint density at radius 1 is 1.38 bits per heavy atom. The summed E-state index contributed by atoms with van der Waals surface area (Å²) >= 11 is 0. The van der Waals surface area contributed by atoms with Crippen LogP contribution in [0.4, 0.5) is 0 Å². The minimum Gasteiger partial charge on any atom is -0.337 e. The average molecular weight is 314 g/mol. The van der Waals surface area contributed by atoms with E-state index < -0.39 is 10.0 Å². The standard InChI is InChI=1S/C14H26N4O2S/c1-11(2)15-9-13-5-7-18(8-6-13)21(19,20)14-10-17(4)12(3)16-14/h10-11,13,15H,5-9H2,1-4H3. The Hall–Kier alpha value is -0.920. The number of aryl methyl sites for hydroxylation is 2. The Bertz CT molecular complexity index is 552. The van der Waals surface area contributed by atoms with Crippen LogP contribution in [0, 0.1) is 12.8 Å². The Morgan fingerprint density at radius 3 is 2.48 bits per heavy atom. The van der Waals surface area contributed by atoms with Gasteiger partial charge in [-0.25, -0.2) is 13.4 Å². The fourth-order valence-corrected chi connectivity index (χ4v) is 4.03. The summed E-state index contributed by atoms with van der Waals surface area (Å²) in [5.74, 6) is 1.27. The van der Waals surface area contributed by atoms with Crippen molar-refractivity contribution in [2.24, 2.45) is 13.0 Å². The highest BCUT2D eigenvalue weighted by Gasteiger charge is 2.31. The van der Waals surface area contributed by atoms with Crippen LogP contribution in [0.3, 0.4) is 0 Å². The molecule has 0 saturated carbocycles. The monoisotopic (exact) mass is 314 g/mol. The molecule has 1 aromatic heterocycles. The molecular weight excluding hydrogens is 288 g/mol. The average Bonchev–Trinajstić information content (AvgIpc) is 2.77. The normalized spacial score (nSPS) is 18.5. The number of hydrogen-bond acceptors (Lipinski definition) is 4. The number of imidazole rings is 1. The first-order valence-corrected chi connectivity index (χ1v) is 8.98. The topological polar surface area (TPSA) is 67.2 Å². The Kier molecular flexibility index (Phi) is 5.06. The number of sulfonamides is 1. The van der Waals surface area contributed by atoms with Crippen LogP contribution in [0.15, 0.2) is 11.2 Å². The van der Waals surface area contributed by atoms with Crippen molar-refractivity contribution in [1.82, 2.24) is 19.2 Å². The summed E-state index contributed by atoms with van der Waals surface area (Å²) in [7, 11) is -1.63. The van der Waals surface area contributed by atoms with Gasteiger partial charge in [0.05, 0.1) is 0 Å². The van der Waals surface area contributed by atoms with Crippen LogP contribution < -0.4 is 5.32 Å². The highest BCUT2D eigenvalue weighted by atomic mass is 32.2. The molecule has 0 aromatic carbocycles. The minimum absolute atomic E-state index is 0.168. The van der Waals surface area contributed by atoms with Gasteiger partial charge in [0.15, 0.2) is 5.03 Å². The van der Waals surface area contributed by atoms with Crippen LogP contribution in [-0.4, -0.2) is 48.0 Å². The van der Waals surface area contributed by atoms with E-state index in [1.54, 1.807) is 15.1 Å². The molecule has 0 bridgehead atoms. The van der Waals surface area contributed by atoms with Crippen molar-refractivity contribution in [3.8, 4) is 0 Å². The first-order valence-electron chi connectivity index (χ1n) is 7.54. The largest absolute Gasteiger partial charge is 0.337 e. The lowest BCUT2D eigenvalue weighted by molar-refractivity contribution is 0.263. The SMILES string of the molecule is Cc1nc(S(=O)(=O)N2CCC(CNC(C)C)CC2)cn1C. The summed E-state index contributed by atoms with van der Waals surface area (Å²) in [6.07, 6.45) is 3.41. The molecule has 0 unspecified atom stereocenters. The van der Waals surface area contributed by atoms with Crippen molar-refractivity contribution in [2.75, 3.05) is 19.6 Å². The van der Waals surface area contributed by atoms with Crippen molar-refractivity contribution in [2.45, 2.75) is 44.7 Å². The zero-order chi connectivity index (χ0) is 15.6. The van der Waals surface area contributed by atoms with Crippen LogP contribution in [0.2, 0.25) is 0 Å². The lowest BCUT2D eigenvalue weighted by atomic mass is 9.98. The van der Waals surface area contributed by atoms with Gasteiger partial charge in [-0.05, 0) is 32.2 Å². The predicted molar refractivity (Wildman–Crippen MR) is 82.6 cm³/mol. The Labute approximate surface area is 127 Å². The molecule has 0 spiro atoms. The van der Waals surface area contributed by atoms with Gasteiger partial charge in [-0.15, -0.1) is 0 Å². The summed E-state index contributed by atoms with van der Waals surface area (Å²) < 4.78 is 28.4. The van der Waals surface area contributed by atoms with Crippen LogP contribution in [0.5, 0.6) is 0 Å². The van der Waals surface area contributed by atoms with E-state index in [-0.39, 0.29) is 5.03 Å². The molecule has 2 heterocycles. The van der Waals surface area contributed by atoms with E-state index in [9.17, 15) is 8.42 Å². The Morgan fingerprint density at radius 2 is 2.00 bits per heavy atom. The maximum absolute atomic E-state index is 12.6. The van der Waals surface area contributed by atoms with Crippen molar-refractivity contribution in [3.63, 3.8) is 0 Å². The smallest absolute Gasteiger partial charge is 0.262 e. The molecular formula is C14H26N4O2S. The molecule has 120 valence electrons. The zero-order valence-corrected chi connectivity index (χ0v) is 14.2. The van der Waals surface area contributed by atoms with E-state index >= 15 is 0 Å². The van der Waals surface area contributed by atoms with Gasteiger partial charge in [0.2, 0.25) is 0 Å². The van der Waals surface area contributed by atoms with Gasteiger partial charge in [-0.2, -0.15) is 4.31 Å². The van der Waals surface area contributed by atoms with Crippen LogP contribution in [-0.2, 0) is 17.1 Å². The maximum atomic E-state index is 12.6. The molecule has 6 nitrogen and oxygen atoms in total. The number of piperidine rings is 1. The Balaban J connectivity index is 1.98. The van der Waals surface area contributed by atoms with E-state index in [0.29, 0.717) is 30.9 Å². The maximum Gasteiger partial charge on any atom is 0.262 e. The van der Waals surface area contributed by atoms with Crippen molar-refractivity contribution in [3.05, 3.63) is 12.0 Å². The van der Waals surface area contributed by atoms with Crippen LogP contribution >= 0.6 is 0 Å².